The Morgan fingerprint density at radius 1 is 1.09 bits per heavy atom. The summed E-state index contributed by atoms with van der Waals surface area (Å²) in [6.07, 6.45) is 0. The van der Waals surface area contributed by atoms with Crippen molar-refractivity contribution in [2.24, 2.45) is 4.99 Å². The minimum Gasteiger partial charge on any atom is -0.379 e. The highest BCUT2D eigenvalue weighted by atomic mass is 127. The van der Waals surface area contributed by atoms with Gasteiger partial charge in [-0.1, -0.05) is 30.3 Å². The zero-order valence-electron chi connectivity index (χ0n) is 19.2. The van der Waals surface area contributed by atoms with Crippen molar-refractivity contribution in [3.05, 3.63) is 65.0 Å². The molecule has 2 aromatic carbocycles. The monoisotopic (exact) mass is 555 g/mol. The van der Waals surface area contributed by atoms with E-state index >= 15 is 0 Å². The van der Waals surface area contributed by atoms with Crippen molar-refractivity contribution < 1.29 is 9.13 Å². The minimum atomic E-state index is -0.229. The molecule has 2 aromatic rings. The molecular formula is C24H35FIN5O. The summed E-state index contributed by atoms with van der Waals surface area (Å²) >= 11 is 0. The van der Waals surface area contributed by atoms with Crippen molar-refractivity contribution >= 4 is 35.6 Å². The number of rotatable bonds is 8. The van der Waals surface area contributed by atoms with Gasteiger partial charge in [-0.05, 0) is 35.7 Å². The Hall–Kier alpha value is -1.91. The van der Waals surface area contributed by atoms with Gasteiger partial charge in [0, 0.05) is 46.8 Å². The first-order chi connectivity index (χ1) is 15.1. The lowest BCUT2D eigenvalue weighted by Gasteiger charge is -2.27. The SMILES string of the molecule is CCNC(=NCc1ccc(N(C)C)c(F)c1)NCc1ccccc1CN1CCOCC1.I. The average molecular weight is 555 g/mol. The van der Waals surface area contributed by atoms with Crippen LogP contribution in [0, 0.1) is 5.82 Å². The Balaban J connectivity index is 0.00000363. The molecule has 176 valence electrons. The van der Waals surface area contributed by atoms with Crippen LogP contribution in [0.2, 0.25) is 0 Å². The molecule has 3 rings (SSSR count). The number of benzene rings is 2. The summed E-state index contributed by atoms with van der Waals surface area (Å²) in [5.74, 6) is 0.494. The second-order valence-electron chi connectivity index (χ2n) is 7.89. The Morgan fingerprint density at radius 2 is 1.81 bits per heavy atom. The number of anilines is 1. The molecule has 0 atom stereocenters. The molecule has 0 saturated carbocycles. The second-order valence-corrected chi connectivity index (χ2v) is 7.89. The molecule has 1 heterocycles. The number of morpholine rings is 1. The summed E-state index contributed by atoms with van der Waals surface area (Å²) < 4.78 is 19.7. The molecule has 0 amide bonds. The van der Waals surface area contributed by atoms with E-state index in [9.17, 15) is 4.39 Å². The van der Waals surface area contributed by atoms with Gasteiger partial charge in [-0.2, -0.15) is 0 Å². The number of nitrogens with zero attached hydrogens (tertiary/aromatic N) is 3. The molecule has 0 radical (unpaired) electrons. The van der Waals surface area contributed by atoms with Crippen molar-refractivity contribution in [2.75, 3.05) is 51.8 Å². The fourth-order valence-electron chi connectivity index (χ4n) is 3.59. The van der Waals surface area contributed by atoms with Crippen LogP contribution in [0.3, 0.4) is 0 Å². The van der Waals surface area contributed by atoms with Gasteiger partial charge in [0.2, 0.25) is 0 Å². The first-order valence-corrected chi connectivity index (χ1v) is 10.9. The van der Waals surface area contributed by atoms with Crippen LogP contribution in [-0.2, 0) is 24.4 Å². The van der Waals surface area contributed by atoms with Gasteiger partial charge in [0.1, 0.15) is 5.82 Å². The normalized spacial score (nSPS) is 14.6. The van der Waals surface area contributed by atoms with Gasteiger partial charge in [-0.25, -0.2) is 9.38 Å². The molecule has 0 unspecified atom stereocenters. The van der Waals surface area contributed by atoms with Crippen LogP contribution < -0.4 is 15.5 Å². The summed E-state index contributed by atoms with van der Waals surface area (Å²) in [5, 5.41) is 6.70. The second kappa shape index (κ2) is 13.6. The smallest absolute Gasteiger partial charge is 0.191 e. The molecule has 0 aliphatic carbocycles. The highest BCUT2D eigenvalue weighted by Crippen LogP contribution is 2.18. The highest BCUT2D eigenvalue weighted by Gasteiger charge is 2.13. The zero-order chi connectivity index (χ0) is 22.1. The molecule has 0 bridgehead atoms. The van der Waals surface area contributed by atoms with E-state index in [-0.39, 0.29) is 29.8 Å². The average Bonchev–Trinajstić information content (AvgIpc) is 2.77. The predicted molar refractivity (Wildman–Crippen MR) is 140 cm³/mol. The van der Waals surface area contributed by atoms with Gasteiger partial charge >= 0.3 is 0 Å². The van der Waals surface area contributed by atoms with Crippen LogP contribution >= 0.6 is 24.0 Å². The summed E-state index contributed by atoms with van der Waals surface area (Å²) in [6, 6.07) is 13.8. The molecule has 0 spiro atoms. The molecule has 2 N–H and O–H groups in total. The van der Waals surface area contributed by atoms with E-state index in [1.165, 1.54) is 11.1 Å². The summed E-state index contributed by atoms with van der Waals surface area (Å²) in [4.78, 5) is 8.84. The van der Waals surface area contributed by atoms with Crippen LogP contribution in [0.25, 0.3) is 0 Å². The van der Waals surface area contributed by atoms with Crippen LogP contribution in [0.5, 0.6) is 0 Å². The van der Waals surface area contributed by atoms with Crippen molar-refractivity contribution in [1.82, 2.24) is 15.5 Å². The number of aliphatic imine (C=N–C) groups is 1. The Labute approximate surface area is 208 Å². The van der Waals surface area contributed by atoms with E-state index in [1.807, 2.05) is 27.1 Å². The van der Waals surface area contributed by atoms with Gasteiger partial charge in [0.15, 0.2) is 5.96 Å². The fraction of sp³-hybridized carbons (Fsp3) is 0.458. The van der Waals surface area contributed by atoms with Crippen LogP contribution in [0.15, 0.2) is 47.5 Å². The molecule has 1 fully saturated rings. The van der Waals surface area contributed by atoms with Crippen LogP contribution in [0.4, 0.5) is 10.1 Å². The highest BCUT2D eigenvalue weighted by molar-refractivity contribution is 14.0. The lowest BCUT2D eigenvalue weighted by Crippen LogP contribution is -2.38. The number of ether oxygens (including phenoxy) is 1. The van der Waals surface area contributed by atoms with Crippen molar-refractivity contribution in [3.8, 4) is 0 Å². The van der Waals surface area contributed by atoms with Gasteiger partial charge < -0.3 is 20.3 Å². The third kappa shape index (κ3) is 7.90. The van der Waals surface area contributed by atoms with E-state index in [4.69, 9.17) is 4.74 Å². The van der Waals surface area contributed by atoms with Gasteiger partial charge in [-0.15, -0.1) is 24.0 Å². The minimum absolute atomic E-state index is 0. The largest absolute Gasteiger partial charge is 0.379 e. The van der Waals surface area contributed by atoms with Crippen LogP contribution in [-0.4, -0.2) is 57.8 Å². The predicted octanol–water partition coefficient (Wildman–Crippen LogP) is 3.60. The topological polar surface area (TPSA) is 52.1 Å². The van der Waals surface area contributed by atoms with Gasteiger partial charge in [-0.3, -0.25) is 4.90 Å². The molecule has 8 heteroatoms. The summed E-state index contributed by atoms with van der Waals surface area (Å²) in [6.45, 7) is 8.35. The quantitative estimate of drug-likeness (QED) is 0.296. The molecular weight excluding hydrogens is 520 g/mol. The van der Waals surface area contributed by atoms with E-state index in [0.717, 1.165) is 50.9 Å². The molecule has 1 aliphatic heterocycles. The Kier molecular flexibility index (Phi) is 11.2. The third-order valence-electron chi connectivity index (χ3n) is 5.32. The van der Waals surface area contributed by atoms with Gasteiger partial charge in [0.05, 0.1) is 25.4 Å². The number of halogens is 2. The molecule has 6 nitrogen and oxygen atoms in total. The number of nitrogens with one attached hydrogen (secondary N) is 2. The van der Waals surface area contributed by atoms with E-state index in [1.54, 1.807) is 17.0 Å². The molecule has 1 aliphatic rings. The fourth-order valence-corrected chi connectivity index (χ4v) is 3.59. The zero-order valence-corrected chi connectivity index (χ0v) is 21.6. The maximum absolute atomic E-state index is 14.2. The number of hydrogen-bond acceptors (Lipinski definition) is 4. The summed E-state index contributed by atoms with van der Waals surface area (Å²) in [7, 11) is 3.67. The molecule has 0 aromatic heterocycles. The van der Waals surface area contributed by atoms with Crippen molar-refractivity contribution in [1.29, 1.82) is 0 Å². The lowest BCUT2D eigenvalue weighted by molar-refractivity contribution is 0.0341. The maximum Gasteiger partial charge on any atom is 0.191 e. The third-order valence-corrected chi connectivity index (χ3v) is 5.32. The lowest BCUT2D eigenvalue weighted by atomic mass is 10.1. The number of hydrogen-bond donors (Lipinski definition) is 2. The van der Waals surface area contributed by atoms with E-state index < -0.39 is 0 Å². The Morgan fingerprint density at radius 3 is 2.47 bits per heavy atom. The standard InChI is InChI=1S/C24H34FN5O.HI/c1-4-26-24(27-16-19-9-10-23(29(2)3)22(25)15-19)28-17-20-7-5-6-8-21(20)18-30-11-13-31-14-12-30;/h5-10,15H,4,11-14,16-18H2,1-3H3,(H2,26,27,28);1H. The first kappa shape index (κ1) is 26.3. The maximum atomic E-state index is 14.2. The van der Waals surface area contributed by atoms with E-state index in [0.29, 0.717) is 18.8 Å². The first-order valence-electron chi connectivity index (χ1n) is 10.9. The Bertz CT molecular complexity index is 871. The molecule has 1 saturated heterocycles. The van der Waals surface area contributed by atoms with Crippen molar-refractivity contribution in [2.45, 2.75) is 26.6 Å². The van der Waals surface area contributed by atoms with Crippen molar-refractivity contribution in [3.63, 3.8) is 0 Å². The van der Waals surface area contributed by atoms with E-state index in [2.05, 4.69) is 44.8 Å². The molecule has 32 heavy (non-hydrogen) atoms. The van der Waals surface area contributed by atoms with Gasteiger partial charge in [0.25, 0.3) is 0 Å². The number of guanidine groups is 1. The summed E-state index contributed by atoms with van der Waals surface area (Å²) in [5.41, 5.74) is 3.98. The van der Waals surface area contributed by atoms with Crippen LogP contribution in [0.1, 0.15) is 23.6 Å².